The normalized spacial score (nSPS) is 23.8. The number of aliphatic hydroxyl groups excluding tert-OH is 1. The molecule has 0 saturated carbocycles. The van der Waals surface area contributed by atoms with Crippen molar-refractivity contribution in [3.05, 3.63) is 29.6 Å². The molecule has 0 unspecified atom stereocenters. The van der Waals surface area contributed by atoms with Gasteiger partial charge in [0.05, 0.1) is 12.3 Å². The van der Waals surface area contributed by atoms with Gasteiger partial charge in [-0.1, -0.05) is 6.08 Å². The number of fused-ring (bicyclic) bond motifs is 1. The number of carbonyl (C=O) groups excluding carboxylic acids is 1. The summed E-state index contributed by atoms with van der Waals surface area (Å²) >= 11 is 0. The molecule has 2 aliphatic rings. The van der Waals surface area contributed by atoms with E-state index < -0.39 is 0 Å². The van der Waals surface area contributed by atoms with Crippen LogP contribution in [0.25, 0.3) is 0 Å². The number of aromatic nitrogens is 2. The molecular weight excluding hydrogens is 302 g/mol. The topological polar surface area (TPSA) is 69.2 Å². The van der Waals surface area contributed by atoms with Gasteiger partial charge in [-0.15, -0.1) is 6.58 Å². The van der Waals surface area contributed by atoms with Gasteiger partial charge in [0.2, 0.25) is 5.91 Å². The molecule has 1 saturated heterocycles. The van der Waals surface area contributed by atoms with Crippen molar-refractivity contribution < 1.29 is 9.90 Å². The number of likely N-dealkylation sites (tertiary alicyclic amines) is 1. The van der Waals surface area contributed by atoms with E-state index in [2.05, 4.69) is 16.8 Å². The molecular formula is C19H29N3O2. The van der Waals surface area contributed by atoms with Gasteiger partial charge in [-0.3, -0.25) is 9.89 Å². The third kappa shape index (κ3) is 3.56. The molecule has 132 valence electrons. The summed E-state index contributed by atoms with van der Waals surface area (Å²) in [7, 11) is 0. The van der Waals surface area contributed by atoms with Crippen molar-refractivity contribution in [3.8, 4) is 0 Å². The SMILES string of the molecule is C=CC[C@@]1(CO)CCCN(C(=O)CCc2n[nH]c3c2CCCC3)C1. The fourth-order valence-corrected chi connectivity index (χ4v) is 4.23. The predicted octanol–water partition coefficient (Wildman–Crippen LogP) is 2.40. The van der Waals surface area contributed by atoms with Gasteiger partial charge in [-0.25, -0.2) is 0 Å². The van der Waals surface area contributed by atoms with Crippen molar-refractivity contribution in [2.24, 2.45) is 5.41 Å². The van der Waals surface area contributed by atoms with Crippen molar-refractivity contribution in [1.29, 1.82) is 0 Å². The fourth-order valence-electron chi connectivity index (χ4n) is 4.23. The summed E-state index contributed by atoms with van der Waals surface area (Å²) < 4.78 is 0. The summed E-state index contributed by atoms with van der Waals surface area (Å²) in [5.41, 5.74) is 3.51. The summed E-state index contributed by atoms with van der Waals surface area (Å²) in [5, 5.41) is 17.4. The molecule has 2 N–H and O–H groups in total. The Hall–Kier alpha value is -1.62. The van der Waals surface area contributed by atoms with Crippen molar-refractivity contribution in [3.63, 3.8) is 0 Å². The number of hydrogen-bond acceptors (Lipinski definition) is 3. The second kappa shape index (κ2) is 7.51. The summed E-state index contributed by atoms with van der Waals surface area (Å²) in [6.07, 6.45) is 10.4. The average Bonchev–Trinajstić information content (AvgIpc) is 3.03. The van der Waals surface area contributed by atoms with E-state index in [1.807, 2.05) is 11.0 Å². The second-order valence-corrected chi connectivity index (χ2v) is 7.40. The van der Waals surface area contributed by atoms with Crippen molar-refractivity contribution in [2.75, 3.05) is 19.7 Å². The minimum atomic E-state index is -0.193. The third-order valence-corrected chi connectivity index (χ3v) is 5.64. The molecule has 5 nitrogen and oxygen atoms in total. The van der Waals surface area contributed by atoms with Crippen LogP contribution in [-0.2, 0) is 24.1 Å². The molecule has 1 aromatic rings. The number of aromatic amines is 1. The number of hydrogen-bond donors (Lipinski definition) is 2. The molecule has 1 fully saturated rings. The van der Waals surface area contributed by atoms with Gasteiger partial charge in [0, 0.05) is 37.0 Å². The van der Waals surface area contributed by atoms with Gasteiger partial charge in [0.15, 0.2) is 0 Å². The molecule has 1 amide bonds. The smallest absolute Gasteiger partial charge is 0.222 e. The Bertz CT molecular complexity index is 595. The first kappa shape index (κ1) is 17.2. The minimum absolute atomic E-state index is 0.121. The van der Waals surface area contributed by atoms with Crippen LogP contribution in [0.3, 0.4) is 0 Å². The zero-order chi connectivity index (χ0) is 17.0. The second-order valence-electron chi connectivity index (χ2n) is 7.40. The van der Waals surface area contributed by atoms with E-state index in [9.17, 15) is 9.90 Å². The van der Waals surface area contributed by atoms with Gasteiger partial charge in [-0.05, 0) is 50.5 Å². The number of H-pyrrole nitrogens is 1. The third-order valence-electron chi connectivity index (χ3n) is 5.64. The summed E-state index contributed by atoms with van der Waals surface area (Å²) in [6, 6.07) is 0. The van der Waals surface area contributed by atoms with Crippen molar-refractivity contribution in [1.82, 2.24) is 15.1 Å². The standard InChI is InChI=1S/C19H29N3O2/c1-2-10-19(14-23)11-5-12-22(13-19)18(24)9-8-17-15-6-3-4-7-16(15)20-21-17/h2,23H,1,3-14H2,(H,20,21)/t19-/m1/s1. The number of piperidine rings is 1. The lowest BCUT2D eigenvalue weighted by molar-refractivity contribution is -0.135. The van der Waals surface area contributed by atoms with Crippen LogP contribution in [0.2, 0.25) is 0 Å². The molecule has 1 aliphatic heterocycles. The molecule has 2 heterocycles. The van der Waals surface area contributed by atoms with Crippen LogP contribution in [0, 0.1) is 5.41 Å². The predicted molar refractivity (Wildman–Crippen MR) is 93.7 cm³/mol. The number of aliphatic hydroxyl groups is 1. The first-order valence-corrected chi connectivity index (χ1v) is 9.22. The number of nitrogens with one attached hydrogen (secondary N) is 1. The van der Waals surface area contributed by atoms with Gasteiger partial charge in [0.1, 0.15) is 0 Å². The highest BCUT2D eigenvalue weighted by Gasteiger charge is 2.35. The van der Waals surface area contributed by atoms with E-state index in [1.165, 1.54) is 24.1 Å². The molecule has 0 spiro atoms. The van der Waals surface area contributed by atoms with E-state index >= 15 is 0 Å². The van der Waals surface area contributed by atoms with Crippen LogP contribution in [0.4, 0.5) is 0 Å². The van der Waals surface area contributed by atoms with Gasteiger partial charge >= 0.3 is 0 Å². The number of amides is 1. The van der Waals surface area contributed by atoms with Gasteiger partial charge in [-0.2, -0.15) is 5.10 Å². The molecule has 1 aromatic heterocycles. The highest BCUT2D eigenvalue weighted by molar-refractivity contribution is 5.76. The van der Waals surface area contributed by atoms with Crippen LogP contribution >= 0.6 is 0 Å². The van der Waals surface area contributed by atoms with Gasteiger partial charge < -0.3 is 10.0 Å². The first-order chi connectivity index (χ1) is 11.7. The zero-order valence-corrected chi connectivity index (χ0v) is 14.5. The van der Waals surface area contributed by atoms with Crippen LogP contribution in [0.1, 0.15) is 55.5 Å². The first-order valence-electron chi connectivity index (χ1n) is 9.22. The number of aryl methyl sites for hydroxylation is 2. The van der Waals surface area contributed by atoms with E-state index in [-0.39, 0.29) is 17.9 Å². The summed E-state index contributed by atoms with van der Waals surface area (Å²) in [4.78, 5) is 14.6. The van der Waals surface area contributed by atoms with E-state index in [0.717, 1.165) is 50.8 Å². The number of allylic oxidation sites excluding steroid dienone is 1. The van der Waals surface area contributed by atoms with E-state index in [4.69, 9.17) is 0 Å². The Morgan fingerprint density at radius 3 is 3.00 bits per heavy atom. The monoisotopic (exact) mass is 331 g/mol. The minimum Gasteiger partial charge on any atom is -0.396 e. The van der Waals surface area contributed by atoms with E-state index in [0.29, 0.717) is 13.0 Å². The summed E-state index contributed by atoms with van der Waals surface area (Å²) in [5.74, 6) is 0.184. The molecule has 1 aliphatic carbocycles. The van der Waals surface area contributed by atoms with Crippen LogP contribution in [0.5, 0.6) is 0 Å². The Morgan fingerprint density at radius 2 is 2.21 bits per heavy atom. The van der Waals surface area contributed by atoms with Crippen molar-refractivity contribution >= 4 is 5.91 Å². The molecule has 0 radical (unpaired) electrons. The Balaban J connectivity index is 1.58. The molecule has 5 heteroatoms. The molecule has 0 bridgehead atoms. The maximum Gasteiger partial charge on any atom is 0.222 e. The number of carbonyl (C=O) groups is 1. The number of nitrogens with zero attached hydrogens (tertiary/aromatic N) is 2. The Labute approximate surface area is 144 Å². The van der Waals surface area contributed by atoms with Crippen LogP contribution in [0.15, 0.2) is 12.7 Å². The lowest BCUT2D eigenvalue weighted by Crippen LogP contribution is -2.47. The molecule has 1 atom stereocenters. The Morgan fingerprint density at radius 1 is 1.38 bits per heavy atom. The van der Waals surface area contributed by atoms with Crippen LogP contribution in [-0.4, -0.2) is 45.8 Å². The summed E-state index contributed by atoms with van der Waals surface area (Å²) in [6.45, 7) is 5.37. The lowest BCUT2D eigenvalue weighted by atomic mass is 9.77. The zero-order valence-electron chi connectivity index (χ0n) is 14.5. The fraction of sp³-hybridized carbons (Fsp3) is 0.684. The highest BCUT2D eigenvalue weighted by atomic mass is 16.3. The largest absolute Gasteiger partial charge is 0.396 e. The highest BCUT2D eigenvalue weighted by Crippen LogP contribution is 2.33. The van der Waals surface area contributed by atoms with E-state index in [1.54, 1.807) is 0 Å². The maximum absolute atomic E-state index is 12.6. The molecule has 24 heavy (non-hydrogen) atoms. The van der Waals surface area contributed by atoms with Crippen molar-refractivity contribution in [2.45, 2.75) is 57.8 Å². The maximum atomic E-state index is 12.6. The quantitative estimate of drug-likeness (QED) is 0.787. The molecule has 0 aromatic carbocycles. The number of rotatable bonds is 6. The molecule has 3 rings (SSSR count). The lowest BCUT2D eigenvalue weighted by Gasteiger charge is -2.41. The average molecular weight is 331 g/mol. The van der Waals surface area contributed by atoms with Gasteiger partial charge in [0.25, 0.3) is 0 Å². The van der Waals surface area contributed by atoms with Crippen LogP contribution < -0.4 is 0 Å². The Kier molecular flexibility index (Phi) is 5.39.